The molecule has 0 spiro atoms. The lowest BCUT2D eigenvalue weighted by molar-refractivity contribution is -0.118. The second-order valence-electron chi connectivity index (χ2n) is 5.71. The van der Waals surface area contributed by atoms with Crippen LogP contribution in [0.15, 0.2) is 83.6 Å². The third kappa shape index (κ3) is 2.81. The molecular formula is C21H18O3. The van der Waals surface area contributed by atoms with Crippen molar-refractivity contribution in [1.29, 1.82) is 0 Å². The summed E-state index contributed by atoms with van der Waals surface area (Å²) in [5.74, 6) is -0.581. The molecular weight excluding hydrogens is 300 g/mol. The number of ketones is 2. The molecule has 0 N–H and O–H groups in total. The van der Waals surface area contributed by atoms with E-state index in [4.69, 9.17) is 4.74 Å². The predicted molar refractivity (Wildman–Crippen MR) is 92.5 cm³/mol. The van der Waals surface area contributed by atoms with Gasteiger partial charge >= 0.3 is 0 Å². The van der Waals surface area contributed by atoms with Gasteiger partial charge in [0.05, 0.1) is 7.11 Å². The molecule has 0 saturated carbocycles. The number of methoxy groups -OCH3 is 1. The van der Waals surface area contributed by atoms with Crippen molar-refractivity contribution in [3.63, 3.8) is 0 Å². The van der Waals surface area contributed by atoms with E-state index in [1.165, 1.54) is 13.2 Å². The predicted octanol–water partition coefficient (Wildman–Crippen LogP) is 3.82. The van der Waals surface area contributed by atoms with Crippen molar-refractivity contribution >= 4 is 11.6 Å². The first kappa shape index (κ1) is 15.9. The van der Waals surface area contributed by atoms with Gasteiger partial charge in [0.25, 0.3) is 0 Å². The van der Waals surface area contributed by atoms with E-state index in [2.05, 4.69) is 0 Å². The third-order valence-electron chi connectivity index (χ3n) is 4.25. The molecule has 0 aliphatic heterocycles. The molecule has 0 atom stereocenters. The van der Waals surface area contributed by atoms with E-state index in [1.54, 1.807) is 6.92 Å². The highest BCUT2D eigenvalue weighted by atomic mass is 16.5. The minimum Gasteiger partial charge on any atom is -0.492 e. The van der Waals surface area contributed by atoms with E-state index in [-0.39, 0.29) is 23.2 Å². The van der Waals surface area contributed by atoms with E-state index >= 15 is 0 Å². The normalized spacial score (nSPS) is 14.9. The molecule has 3 heteroatoms. The molecule has 0 saturated heterocycles. The third-order valence-corrected chi connectivity index (χ3v) is 4.25. The van der Waals surface area contributed by atoms with Crippen LogP contribution >= 0.6 is 0 Å². The Morgan fingerprint density at radius 3 is 1.79 bits per heavy atom. The lowest BCUT2D eigenvalue weighted by Gasteiger charge is -2.24. The number of carbonyl (C=O) groups is 2. The van der Waals surface area contributed by atoms with E-state index < -0.39 is 0 Å². The van der Waals surface area contributed by atoms with Gasteiger partial charge in [0.2, 0.25) is 5.78 Å². The summed E-state index contributed by atoms with van der Waals surface area (Å²) in [5.41, 5.74) is 2.73. The minimum absolute atomic E-state index is 0.134. The van der Waals surface area contributed by atoms with Crippen LogP contribution in [0.25, 0.3) is 0 Å². The fourth-order valence-corrected chi connectivity index (χ4v) is 3.03. The smallest absolute Gasteiger partial charge is 0.225 e. The van der Waals surface area contributed by atoms with Crippen molar-refractivity contribution in [2.24, 2.45) is 0 Å². The van der Waals surface area contributed by atoms with Crippen molar-refractivity contribution < 1.29 is 14.3 Å². The number of hydrogen-bond acceptors (Lipinski definition) is 3. The topological polar surface area (TPSA) is 43.4 Å². The Balaban J connectivity index is 2.16. The van der Waals surface area contributed by atoms with Crippen molar-refractivity contribution in [3.8, 4) is 0 Å². The zero-order valence-electron chi connectivity index (χ0n) is 13.7. The van der Waals surface area contributed by atoms with Crippen LogP contribution in [0.4, 0.5) is 0 Å². The molecule has 0 aromatic heterocycles. The lowest BCUT2D eigenvalue weighted by Crippen LogP contribution is -2.23. The Kier molecular flexibility index (Phi) is 4.43. The molecule has 0 bridgehead atoms. The van der Waals surface area contributed by atoms with Crippen LogP contribution in [-0.4, -0.2) is 18.7 Å². The first-order valence-electron chi connectivity index (χ1n) is 7.79. The van der Waals surface area contributed by atoms with Crippen LogP contribution in [-0.2, 0) is 14.3 Å². The van der Waals surface area contributed by atoms with Crippen LogP contribution < -0.4 is 0 Å². The molecule has 2 aromatic rings. The van der Waals surface area contributed by atoms with Crippen molar-refractivity contribution in [3.05, 3.63) is 94.8 Å². The average Bonchev–Trinajstić information content (AvgIpc) is 2.62. The fraction of sp³-hybridized carbons (Fsp3) is 0.143. The van der Waals surface area contributed by atoms with Gasteiger partial charge in [-0.15, -0.1) is 0 Å². The maximum Gasteiger partial charge on any atom is 0.225 e. The Morgan fingerprint density at radius 2 is 1.33 bits per heavy atom. The number of carbonyl (C=O) groups excluding carboxylic acids is 2. The number of Topliss-reactive ketones (excluding diaryl/α,β-unsaturated/α-hetero) is 1. The number of hydrogen-bond donors (Lipinski definition) is 0. The minimum atomic E-state index is -0.304. The zero-order chi connectivity index (χ0) is 17.1. The summed E-state index contributed by atoms with van der Waals surface area (Å²) in [6, 6.07) is 19.4. The first-order chi connectivity index (χ1) is 11.6. The summed E-state index contributed by atoms with van der Waals surface area (Å²) < 4.78 is 5.21. The number of allylic oxidation sites excluding steroid dienone is 3. The standard InChI is InChI=1S/C21H18O3/c1-14-18(22)13-17(20(23)21(14)24-2)19(15-9-5-3-6-10-15)16-11-7-4-8-12-16/h3-13,19H,1-2H3. The van der Waals surface area contributed by atoms with Gasteiger partial charge in [-0.25, -0.2) is 0 Å². The molecule has 2 aromatic carbocycles. The van der Waals surface area contributed by atoms with Gasteiger partial charge < -0.3 is 4.74 Å². The van der Waals surface area contributed by atoms with E-state index in [0.717, 1.165) is 11.1 Å². The average molecular weight is 318 g/mol. The van der Waals surface area contributed by atoms with E-state index in [1.807, 2.05) is 60.7 Å². The van der Waals surface area contributed by atoms with E-state index in [0.29, 0.717) is 11.1 Å². The quantitative estimate of drug-likeness (QED) is 0.805. The lowest BCUT2D eigenvalue weighted by atomic mass is 9.79. The zero-order valence-corrected chi connectivity index (χ0v) is 13.7. The van der Waals surface area contributed by atoms with Gasteiger partial charge in [-0.1, -0.05) is 60.7 Å². The fourth-order valence-electron chi connectivity index (χ4n) is 3.03. The van der Waals surface area contributed by atoms with Gasteiger partial charge in [-0.05, 0) is 24.1 Å². The van der Waals surface area contributed by atoms with E-state index in [9.17, 15) is 9.59 Å². The molecule has 0 amide bonds. The molecule has 24 heavy (non-hydrogen) atoms. The maximum absolute atomic E-state index is 12.9. The number of benzene rings is 2. The first-order valence-corrected chi connectivity index (χ1v) is 7.79. The summed E-state index contributed by atoms with van der Waals surface area (Å²) in [5, 5.41) is 0. The van der Waals surface area contributed by atoms with Gasteiger partial charge in [0.15, 0.2) is 11.5 Å². The molecule has 1 aliphatic carbocycles. The van der Waals surface area contributed by atoms with Crippen molar-refractivity contribution in [2.75, 3.05) is 7.11 Å². The molecule has 120 valence electrons. The van der Waals surface area contributed by atoms with Crippen LogP contribution in [0.2, 0.25) is 0 Å². The van der Waals surface area contributed by atoms with Crippen LogP contribution in [0, 0.1) is 0 Å². The number of ether oxygens (including phenoxy) is 1. The SMILES string of the molecule is COC1=C(C)C(=O)C=C(C(c2ccccc2)c2ccccc2)C1=O. The molecule has 3 nitrogen and oxygen atoms in total. The Bertz CT molecular complexity index is 790. The second-order valence-corrected chi connectivity index (χ2v) is 5.71. The van der Waals surface area contributed by atoms with Crippen molar-refractivity contribution in [2.45, 2.75) is 12.8 Å². The molecule has 0 heterocycles. The molecule has 0 radical (unpaired) electrons. The van der Waals surface area contributed by atoms with Crippen LogP contribution in [0.5, 0.6) is 0 Å². The highest BCUT2D eigenvalue weighted by molar-refractivity contribution is 6.22. The molecule has 0 unspecified atom stereocenters. The van der Waals surface area contributed by atoms with Crippen LogP contribution in [0.3, 0.4) is 0 Å². The van der Waals surface area contributed by atoms with Gasteiger partial charge in [-0.2, -0.15) is 0 Å². The largest absolute Gasteiger partial charge is 0.492 e. The summed E-state index contributed by atoms with van der Waals surface area (Å²) >= 11 is 0. The molecule has 3 rings (SSSR count). The van der Waals surface area contributed by atoms with Crippen LogP contribution in [0.1, 0.15) is 24.0 Å². The Labute approximate surface area is 141 Å². The van der Waals surface area contributed by atoms with Gasteiger partial charge in [0.1, 0.15) is 0 Å². The van der Waals surface area contributed by atoms with Gasteiger partial charge in [0, 0.05) is 17.1 Å². The molecule has 1 aliphatic rings. The summed E-state index contributed by atoms with van der Waals surface area (Å²) in [7, 11) is 1.42. The Hall–Kier alpha value is -2.94. The number of rotatable bonds is 4. The van der Waals surface area contributed by atoms with Crippen molar-refractivity contribution in [1.82, 2.24) is 0 Å². The highest BCUT2D eigenvalue weighted by Crippen LogP contribution is 2.36. The molecule has 0 fully saturated rings. The summed E-state index contributed by atoms with van der Waals surface area (Å²) in [6.07, 6.45) is 1.45. The maximum atomic E-state index is 12.9. The summed E-state index contributed by atoms with van der Waals surface area (Å²) in [6.45, 7) is 1.62. The monoisotopic (exact) mass is 318 g/mol. The second kappa shape index (κ2) is 6.67. The van der Waals surface area contributed by atoms with Gasteiger partial charge in [-0.3, -0.25) is 9.59 Å². The highest BCUT2D eigenvalue weighted by Gasteiger charge is 2.33. The summed E-state index contributed by atoms with van der Waals surface area (Å²) in [4.78, 5) is 25.2. The Morgan fingerprint density at radius 1 is 0.833 bits per heavy atom.